The number of thiophene rings is 1. The van der Waals surface area contributed by atoms with E-state index in [9.17, 15) is 4.79 Å². The summed E-state index contributed by atoms with van der Waals surface area (Å²) in [6, 6.07) is 2.14. The quantitative estimate of drug-likeness (QED) is 0.720. The van der Waals surface area contributed by atoms with Crippen LogP contribution in [0.2, 0.25) is 0 Å². The van der Waals surface area contributed by atoms with Gasteiger partial charge in [0.25, 0.3) is 5.91 Å². The summed E-state index contributed by atoms with van der Waals surface area (Å²) in [5, 5.41) is 6.48. The smallest absolute Gasteiger partial charge is 0.264 e. The molecule has 160 valence electrons. The van der Waals surface area contributed by atoms with Crippen LogP contribution < -0.4 is 10.2 Å². The Morgan fingerprint density at radius 3 is 2.62 bits per heavy atom. The lowest BCUT2D eigenvalue weighted by Crippen LogP contribution is -2.48. The van der Waals surface area contributed by atoms with Crippen molar-refractivity contribution in [2.75, 3.05) is 50.8 Å². The van der Waals surface area contributed by atoms with E-state index in [0.29, 0.717) is 0 Å². The zero-order valence-corrected chi connectivity index (χ0v) is 19.4. The summed E-state index contributed by atoms with van der Waals surface area (Å²) in [6.07, 6.45) is 4.76. The third-order valence-electron chi connectivity index (χ3n) is 5.85. The topological polar surface area (TPSA) is 57.7 Å². The van der Waals surface area contributed by atoms with Crippen molar-refractivity contribution in [1.29, 1.82) is 0 Å². The third kappa shape index (κ3) is 4.29. The zero-order chi connectivity index (χ0) is 18.3. The fraction of sp³-hybridized carbons (Fsp3) is 0.579. The number of halogens is 2. The molecule has 1 amide bonds. The third-order valence-corrected chi connectivity index (χ3v) is 8.03. The standard InChI is InChI=1S/C19H24N4O2S2.2ClH/c24-17(22-7-9-23(10-8-22)18-21-6-12-26-18)15-13-14-1-11-25-19(16(14)27-15)2-4-20-5-3-19;;/h6,12-13,20H,1-5,7-11H2;2*1H. The van der Waals surface area contributed by atoms with Gasteiger partial charge >= 0.3 is 0 Å². The van der Waals surface area contributed by atoms with E-state index in [0.717, 1.165) is 75.1 Å². The zero-order valence-electron chi connectivity index (χ0n) is 16.1. The van der Waals surface area contributed by atoms with Crippen molar-refractivity contribution >= 4 is 58.5 Å². The van der Waals surface area contributed by atoms with Crippen molar-refractivity contribution in [3.05, 3.63) is 33.0 Å². The monoisotopic (exact) mass is 476 g/mol. The van der Waals surface area contributed by atoms with Gasteiger partial charge in [0.2, 0.25) is 0 Å². The normalized spacial score (nSPS) is 20.6. The highest BCUT2D eigenvalue weighted by molar-refractivity contribution is 7.14. The van der Waals surface area contributed by atoms with Crippen molar-refractivity contribution in [3.8, 4) is 0 Å². The number of hydrogen-bond donors (Lipinski definition) is 1. The highest BCUT2D eigenvalue weighted by atomic mass is 35.5. The van der Waals surface area contributed by atoms with Gasteiger partial charge in [0.1, 0.15) is 5.60 Å². The number of carbonyl (C=O) groups excluding carboxylic acids is 1. The maximum atomic E-state index is 13.1. The fourth-order valence-electron chi connectivity index (χ4n) is 4.36. The lowest BCUT2D eigenvalue weighted by atomic mass is 9.86. The second-order valence-corrected chi connectivity index (χ2v) is 9.33. The van der Waals surface area contributed by atoms with E-state index in [2.05, 4.69) is 21.3 Å². The number of nitrogens with one attached hydrogen (secondary N) is 1. The molecule has 0 aromatic carbocycles. The number of nitrogens with zero attached hydrogens (tertiary/aromatic N) is 3. The average Bonchev–Trinajstić information content (AvgIpc) is 3.39. The molecule has 5 heterocycles. The second-order valence-electron chi connectivity index (χ2n) is 7.40. The minimum Gasteiger partial charge on any atom is -0.369 e. The first-order valence-corrected chi connectivity index (χ1v) is 11.4. The second kappa shape index (κ2) is 9.49. The molecule has 5 rings (SSSR count). The van der Waals surface area contributed by atoms with E-state index in [1.54, 1.807) is 22.7 Å². The molecule has 0 atom stereocenters. The van der Waals surface area contributed by atoms with Crippen LogP contribution in [0.25, 0.3) is 0 Å². The number of hydrogen-bond acceptors (Lipinski definition) is 7. The molecular weight excluding hydrogens is 451 g/mol. The van der Waals surface area contributed by atoms with Crippen molar-refractivity contribution in [3.63, 3.8) is 0 Å². The first-order valence-electron chi connectivity index (χ1n) is 9.67. The molecule has 0 unspecified atom stereocenters. The van der Waals surface area contributed by atoms with Crippen LogP contribution in [-0.2, 0) is 16.8 Å². The van der Waals surface area contributed by atoms with Crippen LogP contribution in [0.4, 0.5) is 5.13 Å². The molecule has 1 spiro atoms. The Morgan fingerprint density at radius 1 is 1.17 bits per heavy atom. The number of ether oxygens (including phenoxy) is 1. The van der Waals surface area contributed by atoms with Crippen LogP contribution in [0.1, 0.15) is 33.0 Å². The molecule has 2 aromatic rings. The molecule has 2 aromatic heterocycles. The highest BCUT2D eigenvalue weighted by Gasteiger charge is 2.41. The number of fused-ring (bicyclic) bond motifs is 2. The van der Waals surface area contributed by atoms with E-state index in [-0.39, 0.29) is 36.3 Å². The molecule has 1 N–H and O–H groups in total. The average molecular weight is 477 g/mol. The van der Waals surface area contributed by atoms with Crippen LogP contribution >= 0.6 is 47.5 Å². The van der Waals surface area contributed by atoms with E-state index >= 15 is 0 Å². The predicted molar refractivity (Wildman–Crippen MR) is 122 cm³/mol. The number of aromatic nitrogens is 1. The maximum absolute atomic E-state index is 13.1. The SMILES string of the molecule is Cl.Cl.O=C(c1cc2c(s1)C1(CCNCC1)OCC2)N1CCN(c2nccs2)CC1. The Kier molecular flexibility index (Phi) is 7.46. The molecule has 0 radical (unpaired) electrons. The molecule has 3 aliphatic heterocycles. The molecule has 0 bridgehead atoms. The van der Waals surface area contributed by atoms with Crippen molar-refractivity contribution < 1.29 is 9.53 Å². The number of anilines is 1. The van der Waals surface area contributed by atoms with Gasteiger partial charge in [-0.3, -0.25) is 4.79 Å². The number of piperazine rings is 1. The molecule has 3 aliphatic rings. The van der Waals surface area contributed by atoms with Gasteiger partial charge in [0, 0.05) is 42.6 Å². The van der Waals surface area contributed by atoms with Gasteiger partial charge < -0.3 is 19.9 Å². The Bertz CT molecular complexity index is 816. The molecule has 29 heavy (non-hydrogen) atoms. The van der Waals surface area contributed by atoms with Crippen LogP contribution in [0.15, 0.2) is 17.6 Å². The maximum Gasteiger partial charge on any atom is 0.264 e. The molecule has 0 saturated carbocycles. The molecular formula is C19H26Cl2N4O2S2. The first-order chi connectivity index (χ1) is 13.3. The number of carbonyl (C=O) groups is 1. The van der Waals surface area contributed by atoms with Crippen molar-refractivity contribution in [1.82, 2.24) is 15.2 Å². The van der Waals surface area contributed by atoms with Gasteiger partial charge in [-0.2, -0.15) is 0 Å². The summed E-state index contributed by atoms with van der Waals surface area (Å²) in [4.78, 5) is 24.0. The van der Waals surface area contributed by atoms with E-state index in [1.807, 2.05) is 16.5 Å². The molecule has 6 nitrogen and oxygen atoms in total. The summed E-state index contributed by atoms with van der Waals surface area (Å²) in [5.41, 5.74) is 1.17. The minimum absolute atomic E-state index is 0. The van der Waals surface area contributed by atoms with Crippen molar-refractivity contribution in [2.45, 2.75) is 24.9 Å². The largest absolute Gasteiger partial charge is 0.369 e. The number of rotatable bonds is 2. The predicted octanol–water partition coefficient (Wildman–Crippen LogP) is 3.16. The van der Waals surface area contributed by atoms with Gasteiger partial charge in [-0.1, -0.05) is 0 Å². The van der Waals surface area contributed by atoms with Gasteiger partial charge in [-0.25, -0.2) is 4.98 Å². The van der Waals surface area contributed by atoms with Crippen LogP contribution in [-0.4, -0.2) is 61.7 Å². The van der Waals surface area contributed by atoms with Gasteiger partial charge in [0.15, 0.2) is 5.13 Å². The first kappa shape index (κ1) is 22.8. The number of thiazole rings is 1. The Labute approximate surface area is 191 Å². The number of piperidine rings is 1. The van der Waals surface area contributed by atoms with Crippen LogP contribution in [0.5, 0.6) is 0 Å². The summed E-state index contributed by atoms with van der Waals surface area (Å²) < 4.78 is 6.26. The fourth-order valence-corrected chi connectivity index (χ4v) is 6.43. The molecule has 2 fully saturated rings. The Morgan fingerprint density at radius 2 is 1.93 bits per heavy atom. The van der Waals surface area contributed by atoms with Crippen LogP contribution in [0.3, 0.4) is 0 Å². The molecule has 0 aliphatic carbocycles. The van der Waals surface area contributed by atoms with Gasteiger partial charge in [-0.05, 0) is 44.0 Å². The molecule has 10 heteroatoms. The number of amides is 1. The lowest BCUT2D eigenvalue weighted by molar-refractivity contribution is -0.0771. The summed E-state index contributed by atoms with van der Waals surface area (Å²) in [5.74, 6) is 0.178. The Balaban J connectivity index is 0.00000120. The van der Waals surface area contributed by atoms with Gasteiger partial charge in [0.05, 0.1) is 11.5 Å². The lowest BCUT2D eigenvalue weighted by Gasteiger charge is -2.40. The van der Waals surface area contributed by atoms with E-state index in [4.69, 9.17) is 4.74 Å². The summed E-state index contributed by atoms with van der Waals surface area (Å²) >= 11 is 3.33. The minimum atomic E-state index is -0.161. The van der Waals surface area contributed by atoms with E-state index < -0.39 is 0 Å². The summed E-state index contributed by atoms with van der Waals surface area (Å²) in [7, 11) is 0. The van der Waals surface area contributed by atoms with Crippen LogP contribution in [0, 0.1) is 0 Å². The highest BCUT2D eigenvalue weighted by Crippen LogP contribution is 2.44. The Hall–Kier alpha value is -0.900. The van der Waals surface area contributed by atoms with Crippen molar-refractivity contribution in [2.24, 2.45) is 0 Å². The summed E-state index contributed by atoms with van der Waals surface area (Å²) in [6.45, 7) is 5.95. The van der Waals surface area contributed by atoms with E-state index in [1.165, 1.54) is 10.4 Å². The molecule has 2 saturated heterocycles. The van der Waals surface area contributed by atoms with Gasteiger partial charge in [-0.15, -0.1) is 47.5 Å².